The molecule has 0 unspecified atom stereocenters. The van der Waals surface area contributed by atoms with Gasteiger partial charge >= 0.3 is 0 Å². The summed E-state index contributed by atoms with van der Waals surface area (Å²) in [5.74, 6) is 0.158. The standard InChI is InChI=1S/C11H14ClNO/c12-10-7-8(1-4-11(10)14)5-6-13-9-2-3-9/h1,4,7,9,13-14H,2-3,5-6H2. The molecule has 1 fully saturated rings. The maximum Gasteiger partial charge on any atom is 0.134 e. The monoisotopic (exact) mass is 211 g/mol. The van der Waals surface area contributed by atoms with Crippen LogP contribution in [0.5, 0.6) is 5.75 Å². The van der Waals surface area contributed by atoms with Gasteiger partial charge in [0.15, 0.2) is 0 Å². The first-order chi connectivity index (χ1) is 6.75. The summed E-state index contributed by atoms with van der Waals surface area (Å²) < 4.78 is 0. The lowest BCUT2D eigenvalue weighted by Gasteiger charge is -2.04. The molecule has 0 aliphatic heterocycles. The van der Waals surface area contributed by atoms with Crippen molar-refractivity contribution in [1.29, 1.82) is 0 Å². The number of phenols is 1. The van der Waals surface area contributed by atoms with Gasteiger partial charge in [-0.15, -0.1) is 0 Å². The first-order valence-corrected chi connectivity index (χ1v) is 5.34. The number of aromatic hydroxyl groups is 1. The molecule has 2 nitrogen and oxygen atoms in total. The van der Waals surface area contributed by atoms with Crippen molar-refractivity contribution in [3.63, 3.8) is 0 Å². The Hall–Kier alpha value is -0.730. The van der Waals surface area contributed by atoms with Gasteiger partial charge in [-0.05, 0) is 43.5 Å². The second-order valence-corrected chi connectivity index (χ2v) is 4.17. The van der Waals surface area contributed by atoms with E-state index in [9.17, 15) is 5.11 Å². The number of hydrogen-bond acceptors (Lipinski definition) is 2. The minimum Gasteiger partial charge on any atom is -0.506 e. The molecule has 0 saturated heterocycles. The molecule has 2 rings (SSSR count). The topological polar surface area (TPSA) is 32.3 Å². The zero-order valence-corrected chi connectivity index (χ0v) is 8.72. The summed E-state index contributed by atoms with van der Waals surface area (Å²) in [4.78, 5) is 0. The second-order valence-electron chi connectivity index (χ2n) is 3.76. The van der Waals surface area contributed by atoms with Crippen LogP contribution >= 0.6 is 11.6 Å². The molecule has 0 atom stereocenters. The maximum atomic E-state index is 9.22. The minimum absolute atomic E-state index is 0.158. The summed E-state index contributed by atoms with van der Waals surface area (Å²) in [5.41, 5.74) is 1.17. The van der Waals surface area contributed by atoms with Gasteiger partial charge in [0.1, 0.15) is 5.75 Å². The maximum absolute atomic E-state index is 9.22. The lowest BCUT2D eigenvalue weighted by atomic mass is 10.1. The van der Waals surface area contributed by atoms with Crippen molar-refractivity contribution in [3.05, 3.63) is 28.8 Å². The summed E-state index contributed by atoms with van der Waals surface area (Å²) in [7, 11) is 0. The van der Waals surface area contributed by atoms with Crippen LogP contribution in [-0.4, -0.2) is 17.7 Å². The Morgan fingerprint density at radius 2 is 2.21 bits per heavy atom. The van der Waals surface area contributed by atoms with Gasteiger partial charge < -0.3 is 10.4 Å². The number of phenolic OH excluding ortho intramolecular Hbond substituents is 1. The third-order valence-electron chi connectivity index (χ3n) is 2.44. The summed E-state index contributed by atoms with van der Waals surface area (Å²) in [5, 5.41) is 13.1. The number of hydrogen-bond donors (Lipinski definition) is 2. The average Bonchev–Trinajstić information content (AvgIpc) is 2.95. The van der Waals surface area contributed by atoms with Crippen molar-refractivity contribution >= 4 is 11.6 Å². The van der Waals surface area contributed by atoms with Crippen LogP contribution in [0.15, 0.2) is 18.2 Å². The molecule has 3 heteroatoms. The van der Waals surface area contributed by atoms with E-state index in [2.05, 4.69) is 5.32 Å². The molecule has 0 radical (unpaired) electrons. The normalized spacial score (nSPS) is 15.8. The quantitative estimate of drug-likeness (QED) is 0.802. The molecule has 1 aliphatic carbocycles. The van der Waals surface area contributed by atoms with Gasteiger partial charge in [0, 0.05) is 6.04 Å². The Labute approximate surface area is 88.9 Å². The number of rotatable bonds is 4. The minimum atomic E-state index is 0.158. The summed E-state index contributed by atoms with van der Waals surface area (Å²) in [6.45, 7) is 0.992. The highest BCUT2D eigenvalue weighted by Gasteiger charge is 2.19. The fourth-order valence-corrected chi connectivity index (χ4v) is 1.62. The van der Waals surface area contributed by atoms with Crippen molar-refractivity contribution in [1.82, 2.24) is 5.32 Å². The highest BCUT2D eigenvalue weighted by atomic mass is 35.5. The predicted octanol–water partition coefficient (Wildman–Crippen LogP) is 2.34. The van der Waals surface area contributed by atoms with E-state index < -0.39 is 0 Å². The highest BCUT2D eigenvalue weighted by Crippen LogP contribution is 2.24. The van der Waals surface area contributed by atoms with Crippen LogP contribution < -0.4 is 5.32 Å². The van der Waals surface area contributed by atoms with E-state index in [1.165, 1.54) is 18.4 Å². The lowest BCUT2D eigenvalue weighted by Crippen LogP contribution is -2.19. The van der Waals surface area contributed by atoms with E-state index >= 15 is 0 Å². The largest absolute Gasteiger partial charge is 0.506 e. The van der Waals surface area contributed by atoms with E-state index in [4.69, 9.17) is 11.6 Å². The van der Waals surface area contributed by atoms with Crippen molar-refractivity contribution in [3.8, 4) is 5.75 Å². The predicted molar refractivity (Wildman–Crippen MR) is 57.8 cm³/mol. The Balaban J connectivity index is 1.85. The molecule has 1 aromatic rings. The van der Waals surface area contributed by atoms with Crippen LogP contribution in [0.1, 0.15) is 18.4 Å². The van der Waals surface area contributed by atoms with Crippen LogP contribution in [-0.2, 0) is 6.42 Å². The van der Waals surface area contributed by atoms with Gasteiger partial charge in [-0.3, -0.25) is 0 Å². The molecule has 0 bridgehead atoms. The average molecular weight is 212 g/mol. The molecular weight excluding hydrogens is 198 g/mol. The van der Waals surface area contributed by atoms with E-state index in [0.717, 1.165) is 19.0 Å². The molecule has 0 heterocycles. The molecule has 1 aliphatic rings. The molecule has 1 aromatic carbocycles. The molecule has 0 aromatic heterocycles. The van der Waals surface area contributed by atoms with E-state index in [1.54, 1.807) is 6.07 Å². The summed E-state index contributed by atoms with van der Waals surface area (Å²) in [6.07, 6.45) is 3.60. The first-order valence-electron chi connectivity index (χ1n) is 4.96. The van der Waals surface area contributed by atoms with Crippen LogP contribution in [0.25, 0.3) is 0 Å². The Bertz CT molecular complexity index is 323. The molecule has 76 valence electrons. The molecule has 0 amide bonds. The fourth-order valence-electron chi connectivity index (χ4n) is 1.41. The van der Waals surface area contributed by atoms with Crippen molar-refractivity contribution in [2.45, 2.75) is 25.3 Å². The summed E-state index contributed by atoms with van der Waals surface area (Å²) in [6, 6.07) is 6.14. The second kappa shape index (κ2) is 4.20. The van der Waals surface area contributed by atoms with E-state index in [0.29, 0.717) is 5.02 Å². The van der Waals surface area contributed by atoms with Crippen molar-refractivity contribution < 1.29 is 5.11 Å². The third-order valence-corrected chi connectivity index (χ3v) is 2.74. The number of nitrogens with one attached hydrogen (secondary N) is 1. The van der Waals surface area contributed by atoms with Crippen LogP contribution in [0.3, 0.4) is 0 Å². The van der Waals surface area contributed by atoms with Gasteiger partial charge in [0.05, 0.1) is 5.02 Å². The van der Waals surface area contributed by atoms with Crippen molar-refractivity contribution in [2.75, 3.05) is 6.54 Å². The molecule has 14 heavy (non-hydrogen) atoms. The zero-order valence-electron chi connectivity index (χ0n) is 7.96. The first kappa shape index (κ1) is 9.81. The smallest absolute Gasteiger partial charge is 0.134 e. The third kappa shape index (κ3) is 2.63. The van der Waals surface area contributed by atoms with Crippen LogP contribution in [0.4, 0.5) is 0 Å². The molecule has 1 saturated carbocycles. The van der Waals surface area contributed by atoms with E-state index in [1.807, 2.05) is 12.1 Å². The number of halogens is 1. The SMILES string of the molecule is Oc1ccc(CCNC2CC2)cc1Cl. The Morgan fingerprint density at radius 1 is 1.43 bits per heavy atom. The summed E-state index contributed by atoms with van der Waals surface area (Å²) >= 11 is 5.80. The van der Waals surface area contributed by atoms with Gasteiger partial charge in [-0.2, -0.15) is 0 Å². The van der Waals surface area contributed by atoms with Crippen LogP contribution in [0, 0.1) is 0 Å². The molecule has 2 N–H and O–H groups in total. The number of benzene rings is 1. The van der Waals surface area contributed by atoms with Crippen LogP contribution in [0.2, 0.25) is 5.02 Å². The van der Waals surface area contributed by atoms with Gasteiger partial charge in [0.2, 0.25) is 0 Å². The van der Waals surface area contributed by atoms with Gasteiger partial charge in [-0.25, -0.2) is 0 Å². The molecule has 0 spiro atoms. The highest BCUT2D eigenvalue weighted by molar-refractivity contribution is 6.32. The van der Waals surface area contributed by atoms with Gasteiger partial charge in [0.25, 0.3) is 0 Å². The Morgan fingerprint density at radius 3 is 2.86 bits per heavy atom. The van der Waals surface area contributed by atoms with E-state index in [-0.39, 0.29) is 5.75 Å². The fraction of sp³-hybridized carbons (Fsp3) is 0.455. The van der Waals surface area contributed by atoms with Gasteiger partial charge in [-0.1, -0.05) is 17.7 Å². The Kier molecular flexibility index (Phi) is 2.94. The zero-order chi connectivity index (χ0) is 9.97. The molecular formula is C11H14ClNO. The lowest BCUT2D eigenvalue weighted by molar-refractivity contribution is 0.475. The van der Waals surface area contributed by atoms with Crippen molar-refractivity contribution in [2.24, 2.45) is 0 Å².